The highest BCUT2D eigenvalue weighted by Gasteiger charge is 2.12. The lowest BCUT2D eigenvalue weighted by molar-refractivity contribution is -0.153. The summed E-state index contributed by atoms with van der Waals surface area (Å²) in [4.78, 5) is 10.9. The van der Waals surface area contributed by atoms with E-state index in [0.717, 1.165) is 19.4 Å². The molecule has 0 fully saturated rings. The summed E-state index contributed by atoms with van der Waals surface area (Å²) in [6.45, 7) is 5.49. The van der Waals surface area contributed by atoms with E-state index in [1.54, 1.807) is 6.92 Å². The number of esters is 1. The highest BCUT2D eigenvalue weighted by Crippen LogP contribution is 1.94. The summed E-state index contributed by atoms with van der Waals surface area (Å²) < 4.78 is 14.9. The predicted octanol–water partition coefficient (Wildman–Crippen LogP) is 1.38. The van der Waals surface area contributed by atoms with Crippen LogP contribution in [0.15, 0.2) is 0 Å². The minimum Gasteiger partial charge on any atom is -0.467 e. The molecule has 0 aromatic carbocycles. The minimum atomic E-state index is -0.505. The van der Waals surface area contributed by atoms with E-state index in [-0.39, 0.29) is 5.97 Å². The maximum Gasteiger partial charge on any atom is 0.334 e. The molecule has 0 radical (unpaired) electrons. The fraction of sp³-hybridized carbons (Fsp3) is 0.900. The number of carbonyl (C=O) groups excluding carboxylic acids is 1. The van der Waals surface area contributed by atoms with Crippen molar-refractivity contribution in [2.45, 2.75) is 32.8 Å². The molecule has 0 heterocycles. The zero-order valence-electron chi connectivity index (χ0n) is 9.25. The van der Waals surface area contributed by atoms with E-state index < -0.39 is 6.10 Å². The molecule has 0 aliphatic heterocycles. The molecule has 0 unspecified atom stereocenters. The standard InChI is InChI=1S/C10H20O4/c1-4-5-6-13-7-8-14-9(2)10(11)12-3/h9H,4-8H2,1-3H3/t9-/m0/s1. The molecule has 0 aromatic heterocycles. The number of carbonyl (C=O) groups is 1. The van der Waals surface area contributed by atoms with Crippen LogP contribution in [-0.2, 0) is 19.0 Å². The van der Waals surface area contributed by atoms with Crippen molar-refractivity contribution >= 4 is 5.97 Å². The molecule has 4 heteroatoms. The molecule has 14 heavy (non-hydrogen) atoms. The first-order valence-corrected chi connectivity index (χ1v) is 4.99. The third-order valence-corrected chi connectivity index (χ3v) is 1.77. The topological polar surface area (TPSA) is 44.8 Å². The Morgan fingerprint density at radius 2 is 2.00 bits per heavy atom. The van der Waals surface area contributed by atoms with E-state index >= 15 is 0 Å². The van der Waals surface area contributed by atoms with Gasteiger partial charge in [-0.1, -0.05) is 13.3 Å². The van der Waals surface area contributed by atoms with Gasteiger partial charge in [0.05, 0.1) is 20.3 Å². The van der Waals surface area contributed by atoms with E-state index in [9.17, 15) is 4.79 Å². The average molecular weight is 204 g/mol. The number of methoxy groups -OCH3 is 1. The molecule has 0 spiro atoms. The number of rotatable bonds is 8. The van der Waals surface area contributed by atoms with Crippen molar-refractivity contribution in [1.82, 2.24) is 0 Å². The van der Waals surface area contributed by atoms with Gasteiger partial charge in [0.1, 0.15) is 0 Å². The third-order valence-electron chi connectivity index (χ3n) is 1.77. The molecular formula is C10H20O4. The number of hydrogen-bond acceptors (Lipinski definition) is 4. The Balaban J connectivity index is 3.23. The molecule has 0 N–H and O–H groups in total. The lowest BCUT2D eigenvalue weighted by atomic mass is 10.4. The zero-order valence-corrected chi connectivity index (χ0v) is 9.25. The second-order valence-electron chi connectivity index (χ2n) is 3.00. The fourth-order valence-corrected chi connectivity index (χ4v) is 0.866. The van der Waals surface area contributed by atoms with Gasteiger partial charge in [-0.05, 0) is 13.3 Å². The van der Waals surface area contributed by atoms with Gasteiger partial charge in [0.15, 0.2) is 6.10 Å². The average Bonchev–Trinajstić information content (AvgIpc) is 2.21. The summed E-state index contributed by atoms with van der Waals surface area (Å²) in [7, 11) is 1.35. The molecule has 1 atom stereocenters. The van der Waals surface area contributed by atoms with Crippen LogP contribution in [0.5, 0.6) is 0 Å². The maximum atomic E-state index is 10.9. The van der Waals surface area contributed by atoms with Gasteiger partial charge in [0, 0.05) is 6.61 Å². The van der Waals surface area contributed by atoms with Gasteiger partial charge in [-0.3, -0.25) is 0 Å². The van der Waals surface area contributed by atoms with Crippen LogP contribution < -0.4 is 0 Å². The second kappa shape index (κ2) is 8.97. The van der Waals surface area contributed by atoms with E-state index in [1.807, 2.05) is 0 Å². The van der Waals surface area contributed by atoms with Gasteiger partial charge in [0.25, 0.3) is 0 Å². The van der Waals surface area contributed by atoms with Crippen LogP contribution in [0.3, 0.4) is 0 Å². The highest BCUT2D eigenvalue weighted by molar-refractivity contribution is 5.73. The lowest BCUT2D eigenvalue weighted by Crippen LogP contribution is -2.23. The molecule has 0 aliphatic rings. The van der Waals surface area contributed by atoms with Crippen molar-refractivity contribution in [2.24, 2.45) is 0 Å². The molecule has 0 saturated carbocycles. The molecule has 4 nitrogen and oxygen atoms in total. The van der Waals surface area contributed by atoms with Crippen LogP contribution in [0, 0.1) is 0 Å². The monoisotopic (exact) mass is 204 g/mol. The van der Waals surface area contributed by atoms with E-state index in [2.05, 4.69) is 11.7 Å². The Morgan fingerprint density at radius 1 is 1.29 bits per heavy atom. The number of ether oxygens (including phenoxy) is 3. The van der Waals surface area contributed by atoms with Crippen LogP contribution in [-0.4, -0.2) is 39.0 Å². The van der Waals surface area contributed by atoms with Gasteiger partial charge in [-0.15, -0.1) is 0 Å². The third kappa shape index (κ3) is 6.86. The van der Waals surface area contributed by atoms with Gasteiger partial charge >= 0.3 is 5.97 Å². The predicted molar refractivity (Wildman–Crippen MR) is 53.2 cm³/mol. The summed E-state index contributed by atoms with van der Waals surface area (Å²) >= 11 is 0. The number of hydrogen-bond donors (Lipinski definition) is 0. The molecule has 0 aromatic rings. The smallest absolute Gasteiger partial charge is 0.334 e. The van der Waals surface area contributed by atoms with Crippen LogP contribution in [0.2, 0.25) is 0 Å². The SMILES string of the molecule is CCCCOCCO[C@@H](C)C(=O)OC. The van der Waals surface area contributed by atoms with Crippen LogP contribution >= 0.6 is 0 Å². The molecular weight excluding hydrogens is 184 g/mol. The van der Waals surface area contributed by atoms with Gasteiger partial charge in [0.2, 0.25) is 0 Å². The van der Waals surface area contributed by atoms with Crippen molar-refractivity contribution in [3.8, 4) is 0 Å². The summed E-state index contributed by atoms with van der Waals surface area (Å²) in [5.41, 5.74) is 0. The van der Waals surface area contributed by atoms with Crippen molar-refractivity contribution in [1.29, 1.82) is 0 Å². The fourth-order valence-electron chi connectivity index (χ4n) is 0.866. The van der Waals surface area contributed by atoms with Crippen molar-refractivity contribution < 1.29 is 19.0 Å². The van der Waals surface area contributed by atoms with Gasteiger partial charge in [-0.25, -0.2) is 4.79 Å². The summed E-state index contributed by atoms with van der Waals surface area (Å²) in [5.74, 6) is -0.349. The molecule has 0 aliphatic carbocycles. The van der Waals surface area contributed by atoms with E-state index in [0.29, 0.717) is 13.2 Å². The first kappa shape index (κ1) is 13.4. The first-order valence-electron chi connectivity index (χ1n) is 4.99. The Labute approximate surface area is 85.5 Å². The van der Waals surface area contributed by atoms with Crippen LogP contribution in [0.4, 0.5) is 0 Å². The Hall–Kier alpha value is -0.610. The van der Waals surface area contributed by atoms with Gasteiger partial charge in [-0.2, -0.15) is 0 Å². The molecule has 0 amide bonds. The zero-order chi connectivity index (χ0) is 10.8. The van der Waals surface area contributed by atoms with E-state index in [1.165, 1.54) is 7.11 Å². The number of unbranched alkanes of at least 4 members (excludes halogenated alkanes) is 1. The molecule has 84 valence electrons. The molecule has 0 rings (SSSR count). The first-order chi connectivity index (χ1) is 6.72. The van der Waals surface area contributed by atoms with Gasteiger partial charge < -0.3 is 14.2 Å². The minimum absolute atomic E-state index is 0.349. The largest absolute Gasteiger partial charge is 0.467 e. The Bertz CT molecular complexity index is 147. The van der Waals surface area contributed by atoms with Crippen LogP contribution in [0.25, 0.3) is 0 Å². The van der Waals surface area contributed by atoms with E-state index in [4.69, 9.17) is 9.47 Å². The van der Waals surface area contributed by atoms with Crippen molar-refractivity contribution in [3.63, 3.8) is 0 Å². The van der Waals surface area contributed by atoms with Crippen LogP contribution in [0.1, 0.15) is 26.7 Å². The molecule has 0 saturated heterocycles. The second-order valence-corrected chi connectivity index (χ2v) is 3.00. The molecule has 0 bridgehead atoms. The Kier molecular flexibility index (Phi) is 8.57. The van der Waals surface area contributed by atoms with Crippen molar-refractivity contribution in [2.75, 3.05) is 26.9 Å². The lowest BCUT2D eigenvalue weighted by Gasteiger charge is -2.10. The Morgan fingerprint density at radius 3 is 2.57 bits per heavy atom. The normalized spacial score (nSPS) is 12.5. The maximum absolute atomic E-state index is 10.9. The summed E-state index contributed by atoms with van der Waals surface area (Å²) in [6, 6.07) is 0. The highest BCUT2D eigenvalue weighted by atomic mass is 16.6. The van der Waals surface area contributed by atoms with Crippen molar-refractivity contribution in [3.05, 3.63) is 0 Å². The summed E-state index contributed by atoms with van der Waals surface area (Å²) in [5, 5.41) is 0. The summed E-state index contributed by atoms with van der Waals surface area (Å²) in [6.07, 6.45) is 1.68. The quantitative estimate of drug-likeness (QED) is 0.442.